The van der Waals surface area contributed by atoms with Gasteiger partial charge in [-0.3, -0.25) is 4.79 Å². The Morgan fingerprint density at radius 2 is 2.43 bits per heavy atom. The zero-order chi connectivity index (χ0) is 10.1. The van der Waals surface area contributed by atoms with Crippen LogP contribution in [0.2, 0.25) is 0 Å². The van der Waals surface area contributed by atoms with Gasteiger partial charge in [0.05, 0.1) is 12.3 Å². The van der Waals surface area contributed by atoms with Crippen LogP contribution >= 0.6 is 0 Å². The summed E-state index contributed by atoms with van der Waals surface area (Å²) in [5.41, 5.74) is 0.464. The van der Waals surface area contributed by atoms with Gasteiger partial charge < -0.3 is 14.9 Å². The van der Waals surface area contributed by atoms with Gasteiger partial charge in [0.1, 0.15) is 11.3 Å². The summed E-state index contributed by atoms with van der Waals surface area (Å²) in [6, 6.07) is 0.0896. The molecule has 1 amide bonds. The average molecular weight is 196 g/mol. The SMILES string of the molecule is Cc1oncc1C(=O)NC1CC(O)C1. The number of aliphatic hydroxyl groups excluding tert-OH is 1. The number of rotatable bonds is 2. The molecule has 5 heteroatoms. The van der Waals surface area contributed by atoms with E-state index in [1.54, 1.807) is 6.92 Å². The number of hydrogen-bond acceptors (Lipinski definition) is 4. The minimum atomic E-state index is -0.260. The molecule has 0 radical (unpaired) electrons. The third kappa shape index (κ3) is 1.63. The van der Waals surface area contributed by atoms with Crippen LogP contribution in [0.25, 0.3) is 0 Å². The van der Waals surface area contributed by atoms with Gasteiger partial charge in [0.2, 0.25) is 0 Å². The van der Waals surface area contributed by atoms with Crippen molar-refractivity contribution in [2.45, 2.75) is 31.9 Å². The number of aryl methyl sites for hydroxylation is 1. The summed E-state index contributed by atoms with van der Waals surface area (Å²) in [5.74, 6) is 0.336. The number of aliphatic hydroxyl groups is 1. The van der Waals surface area contributed by atoms with E-state index >= 15 is 0 Å². The van der Waals surface area contributed by atoms with Crippen LogP contribution in [0.4, 0.5) is 0 Å². The van der Waals surface area contributed by atoms with Gasteiger partial charge >= 0.3 is 0 Å². The van der Waals surface area contributed by atoms with Crippen LogP contribution in [0, 0.1) is 6.92 Å². The van der Waals surface area contributed by atoms with Crippen molar-refractivity contribution >= 4 is 5.91 Å². The van der Waals surface area contributed by atoms with Gasteiger partial charge in [0.15, 0.2) is 0 Å². The van der Waals surface area contributed by atoms with Crippen molar-refractivity contribution < 1.29 is 14.4 Å². The maximum absolute atomic E-state index is 11.5. The summed E-state index contributed by atoms with van der Waals surface area (Å²) in [6.45, 7) is 1.69. The highest BCUT2D eigenvalue weighted by molar-refractivity contribution is 5.94. The highest BCUT2D eigenvalue weighted by atomic mass is 16.5. The predicted octanol–water partition coefficient (Wildman–Crippen LogP) is 0.236. The zero-order valence-electron chi connectivity index (χ0n) is 7.86. The lowest BCUT2D eigenvalue weighted by molar-refractivity contribution is 0.0562. The molecule has 76 valence electrons. The van der Waals surface area contributed by atoms with Crippen molar-refractivity contribution in [1.29, 1.82) is 0 Å². The molecule has 5 nitrogen and oxygen atoms in total. The van der Waals surface area contributed by atoms with E-state index in [1.165, 1.54) is 6.20 Å². The standard InChI is InChI=1S/C9H12N2O3/c1-5-8(4-10-14-5)9(13)11-6-2-7(12)3-6/h4,6-7,12H,2-3H2,1H3,(H,11,13). The highest BCUT2D eigenvalue weighted by Crippen LogP contribution is 2.20. The molecule has 0 aromatic carbocycles. The second-order valence-electron chi connectivity index (χ2n) is 3.59. The maximum Gasteiger partial charge on any atom is 0.256 e. The lowest BCUT2D eigenvalue weighted by Gasteiger charge is -2.31. The second kappa shape index (κ2) is 3.42. The minimum absolute atomic E-state index is 0.0896. The first-order valence-electron chi connectivity index (χ1n) is 4.57. The molecule has 1 aliphatic rings. The molecule has 14 heavy (non-hydrogen) atoms. The molecule has 0 unspecified atom stereocenters. The van der Waals surface area contributed by atoms with Crippen molar-refractivity contribution in [3.8, 4) is 0 Å². The number of carbonyl (C=O) groups excluding carboxylic acids is 1. The third-order valence-electron chi connectivity index (χ3n) is 2.44. The lowest BCUT2D eigenvalue weighted by atomic mass is 9.89. The fourth-order valence-electron chi connectivity index (χ4n) is 1.49. The maximum atomic E-state index is 11.5. The monoisotopic (exact) mass is 196 g/mol. The molecule has 2 rings (SSSR count). The van der Waals surface area contributed by atoms with Gasteiger partial charge in [-0.15, -0.1) is 0 Å². The second-order valence-corrected chi connectivity index (χ2v) is 3.59. The van der Waals surface area contributed by atoms with Crippen LogP contribution in [-0.4, -0.2) is 28.3 Å². The molecule has 1 aromatic heterocycles. The van der Waals surface area contributed by atoms with Gasteiger partial charge in [0, 0.05) is 6.04 Å². The van der Waals surface area contributed by atoms with Crippen molar-refractivity contribution in [2.75, 3.05) is 0 Å². The first kappa shape index (κ1) is 9.21. The number of carbonyl (C=O) groups is 1. The molecule has 0 saturated heterocycles. The summed E-state index contributed by atoms with van der Waals surface area (Å²) < 4.78 is 4.78. The lowest BCUT2D eigenvalue weighted by Crippen LogP contribution is -2.46. The van der Waals surface area contributed by atoms with Gasteiger partial charge in [0.25, 0.3) is 5.91 Å². The number of nitrogens with one attached hydrogen (secondary N) is 1. The number of aromatic nitrogens is 1. The predicted molar refractivity (Wildman–Crippen MR) is 47.7 cm³/mol. The van der Waals surface area contributed by atoms with Crippen molar-refractivity contribution in [3.63, 3.8) is 0 Å². The Labute approximate surface area is 81.1 Å². The molecule has 0 aliphatic heterocycles. The van der Waals surface area contributed by atoms with Crippen molar-refractivity contribution in [2.24, 2.45) is 0 Å². The molecule has 1 aliphatic carbocycles. The molecule has 1 fully saturated rings. The van der Waals surface area contributed by atoms with Crippen LogP contribution in [0.1, 0.15) is 29.0 Å². The Kier molecular flexibility index (Phi) is 2.25. The number of nitrogens with zero attached hydrogens (tertiary/aromatic N) is 1. The van der Waals surface area contributed by atoms with E-state index in [0.29, 0.717) is 24.2 Å². The van der Waals surface area contributed by atoms with Crippen LogP contribution in [0.3, 0.4) is 0 Å². The van der Waals surface area contributed by atoms with E-state index in [-0.39, 0.29) is 18.1 Å². The molecular weight excluding hydrogens is 184 g/mol. The topological polar surface area (TPSA) is 75.4 Å². The molecule has 2 N–H and O–H groups in total. The largest absolute Gasteiger partial charge is 0.393 e. The van der Waals surface area contributed by atoms with Gasteiger partial charge in [-0.2, -0.15) is 0 Å². The Balaban J connectivity index is 1.93. The van der Waals surface area contributed by atoms with Gasteiger partial charge in [-0.25, -0.2) is 0 Å². The van der Waals surface area contributed by atoms with E-state index in [9.17, 15) is 4.79 Å². The quantitative estimate of drug-likeness (QED) is 0.710. The molecule has 0 atom stereocenters. The fraction of sp³-hybridized carbons (Fsp3) is 0.556. The summed E-state index contributed by atoms with van der Waals surface area (Å²) in [4.78, 5) is 11.5. The molecule has 0 bridgehead atoms. The van der Waals surface area contributed by atoms with Crippen LogP contribution in [-0.2, 0) is 0 Å². The fourth-order valence-corrected chi connectivity index (χ4v) is 1.49. The molecule has 0 spiro atoms. The first-order valence-corrected chi connectivity index (χ1v) is 4.57. The van der Waals surface area contributed by atoms with E-state index < -0.39 is 0 Å². The Hall–Kier alpha value is -1.36. The number of amides is 1. The van der Waals surface area contributed by atoms with E-state index in [4.69, 9.17) is 9.63 Å². The highest BCUT2D eigenvalue weighted by Gasteiger charge is 2.29. The van der Waals surface area contributed by atoms with Crippen LogP contribution in [0.5, 0.6) is 0 Å². The van der Waals surface area contributed by atoms with E-state index in [0.717, 1.165) is 0 Å². The minimum Gasteiger partial charge on any atom is -0.393 e. The Bertz CT molecular complexity index is 342. The molecule has 1 aromatic rings. The van der Waals surface area contributed by atoms with Gasteiger partial charge in [-0.05, 0) is 19.8 Å². The molecule has 1 heterocycles. The third-order valence-corrected chi connectivity index (χ3v) is 2.44. The van der Waals surface area contributed by atoms with Gasteiger partial charge in [-0.1, -0.05) is 5.16 Å². The van der Waals surface area contributed by atoms with E-state index in [1.807, 2.05) is 0 Å². The summed E-state index contributed by atoms with van der Waals surface area (Å²) in [5, 5.41) is 15.3. The number of hydrogen-bond donors (Lipinski definition) is 2. The first-order chi connectivity index (χ1) is 6.66. The van der Waals surface area contributed by atoms with Crippen molar-refractivity contribution in [1.82, 2.24) is 10.5 Å². The molecular formula is C9H12N2O3. The van der Waals surface area contributed by atoms with Crippen LogP contribution < -0.4 is 5.32 Å². The summed E-state index contributed by atoms with van der Waals surface area (Å²) in [6.07, 6.45) is 2.41. The van der Waals surface area contributed by atoms with Crippen molar-refractivity contribution in [3.05, 3.63) is 17.5 Å². The zero-order valence-corrected chi connectivity index (χ0v) is 7.86. The Morgan fingerprint density at radius 1 is 1.71 bits per heavy atom. The smallest absolute Gasteiger partial charge is 0.256 e. The summed E-state index contributed by atoms with van der Waals surface area (Å²) in [7, 11) is 0. The van der Waals surface area contributed by atoms with Crippen LogP contribution in [0.15, 0.2) is 10.7 Å². The average Bonchev–Trinajstić information content (AvgIpc) is 2.48. The van der Waals surface area contributed by atoms with E-state index in [2.05, 4.69) is 10.5 Å². The summed E-state index contributed by atoms with van der Waals surface area (Å²) >= 11 is 0. The molecule has 1 saturated carbocycles. The normalized spacial score (nSPS) is 25.6. The Morgan fingerprint density at radius 3 is 2.93 bits per heavy atom.